The van der Waals surface area contributed by atoms with Gasteiger partial charge in [-0.3, -0.25) is 0 Å². The van der Waals surface area contributed by atoms with Crippen LogP contribution in [-0.4, -0.2) is 4.98 Å². The molecule has 0 unspecified atom stereocenters. The zero-order valence-corrected chi connectivity index (χ0v) is 14.2. The summed E-state index contributed by atoms with van der Waals surface area (Å²) in [4.78, 5) is 4.42. The second-order valence-corrected chi connectivity index (χ2v) is 13.9. The number of fused-ring (bicyclic) bond motifs is 1. The van der Waals surface area contributed by atoms with E-state index < -0.39 is 13.5 Å². The van der Waals surface area contributed by atoms with Crippen molar-refractivity contribution in [2.24, 2.45) is 0 Å². The largest absolute Gasteiger partial charge is 0.436 e. The minimum Gasteiger partial charge on any atom is -0.436 e. The Balaban J connectivity index is 0.000000297. The number of halogens is 3. The molecule has 0 N–H and O–H groups in total. The number of oxazole rings is 1. The van der Waals surface area contributed by atoms with Crippen molar-refractivity contribution in [2.45, 2.75) is 0 Å². The van der Waals surface area contributed by atoms with Crippen molar-refractivity contribution in [1.29, 1.82) is 0 Å². The molecule has 0 saturated carbocycles. The summed E-state index contributed by atoms with van der Waals surface area (Å²) in [7, 11) is 14.9. The molecule has 3 aromatic rings. The molecule has 3 rings (SSSR count). The first-order valence-corrected chi connectivity index (χ1v) is 14.1. The molecule has 19 heavy (non-hydrogen) atoms. The first-order chi connectivity index (χ1) is 9.16. The number of rotatable bonds is 1. The van der Waals surface area contributed by atoms with Crippen LogP contribution in [0.3, 0.4) is 0 Å². The van der Waals surface area contributed by atoms with Crippen LogP contribution in [0.15, 0.2) is 59.0 Å². The monoisotopic (exact) mass is 493 g/mol. The van der Waals surface area contributed by atoms with Gasteiger partial charge in [0.2, 0.25) is 5.89 Å². The van der Waals surface area contributed by atoms with Gasteiger partial charge in [0.05, 0.1) is 0 Å². The molecule has 0 radical (unpaired) electrons. The van der Waals surface area contributed by atoms with Crippen LogP contribution in [0.4, 0.5) is 0 Å². The molecule has 1 aromatic heterocycles. The molecule has 1 heterocycles. The predicted molar refractivity (Wildman–Crippen MR) is 77.0 cm³/mol. The Kier molecular flexibility index (Phi) is 5.68. The van der Waals surface area contributed by atoms with Gasteiger partial charge in [0.25, 0.3) is 0 Å². The smallest absolute Gasteiger partial charge is 0.227 e. The van der Waals surface area contributed by atoms with Crippen LogP contribution in [0.1, 0.15) is 0 Å². The van der Waals surface area contributed by atoms with E-state index in [0.717, 1.165) is 16.7 Å². The molecule has 2 aromatic carbocycles. The van der Waals surface area contributed by atoms with E-state index in [-0.39, 0.29) is 0 Å². The zero-order chi connectivity index (χ0) is 13.7. The Labute approximate surface area is 128 Å². The molecule has 102 valence electrons. The fourth-order valence-corrected chi connectivity index (χ4v) is 1.58. The van der Waals surface area contributed by atoms with E-state index >= 15 is 0 Å². The first kappa shape index (κ1) is 14.8. The molecule has 0 atom stereocenters. The van der Waals surface area contributed by atoms with E-state index in [1.54, 1.807) is 0 Å². The second kappa shape index (κ2) is 7.28. The van der Waals surface area contributed by atoms with Gasteiger partial charge in [-0.15, -0.1) is 0 Å². The summed E-state index contributed by atoms with van der Waals surface area (Å²) in [5.74, 6) is 0.678. The van der Waals surface area contributed by atoms with Gasteiger partial charge in [0.15, 0.2) is 5.58 Å². The van der Waals surface area contributed by atoms with E-state index in [1.165, 1.54) is 0 Å². The third kappa shape index (κ3) is 4.48. The van der Waals surface area contributed by atoms with Gasteiger partial charge in [-0.05, 0) is 24.3 Å². The fraction of sp³-hybridized carbons (Fsp3) is 0. The molecule has 0 aliphatic rings. The van der Waals surface area contributed by atoms with E-state index in [4.69, 9.17) is 33.2 Å². The minimum absolute atomic E-state index is 0.678. The van der Waals surface area contributed by atoms with Crippen molar-refractivity contribution in [3.05, 3.63) is 54.6 Å². The van der Waals surface area contributed by atoms with Crippen LogP contribution in [-0.2, 0) is 13.5 Å². The van der Waals surface area contributed by atoms with Crippen LogP contribution in [0.25, 0.3) is 22.6 Å². The Morgan fingerprint density at radius 3 is 2.05 bits per heavy atom. The number of benzene rings is 2. The first-order valence-electron chi connectivity index (χ1n) is 5.22. The fourth-order valence-electron chi connectivity index (χ4n) is 1.58. The number of hydrogen-bond acceptors (Lipinski definition) is 2. The van der Waals surface area contributed by atoms with Gasteiger partial charge in [-0.2, -0.15) is 0 Å². The summed E-state index contributed by atoms with van der Waals surface area (Å²) >= 11 is -1.92. The van der Waals surface area contributed by atoms with Gasteiger partial charge in [-0.25, -0.2) is 4.98 Å². The topological polar surface area (TPSA) is 26.0 Å². The SMILES string of the molecule is [Cl][Ir]([Cl])[Cl].c1ccc(-c2nc3ccccc3o2)cc1. The Morgan fingerprint density at radius 2 is 1.42 bits per heavy atom. The van der Waals surface area contributed by atoms with E-state index in [1.807, 2.05) is 54.6 Å². The average Bonchev–Trinajstić information content (AvgIpc) is 2.83. The summed E-state index contributed by atoms with van der Waals surface area (Å²) in [6, 6.07) is 17.7. The molecule has 0 bridgehead atoms. The van der Waals surface area contributed by atoms with Gasteiger partial charge >= 0.3 is 42.2 Å². The number of aromatic nitrogens is 1. The normalized spacial score (nSPS) is 10.8. The van der Waals surface area contributed by atoms with Crippen molar-refractivity contribution < 1.29 is 17.9 Å². The zero-order valence-electron chi connectivity index (χ0n) is 9.52. The van der Waals surface area contributed by atoms with Crippen LogP contribution >= 0.6 is 28.8 Å². The van der Waals surface area contributed by atoms with Crippen molar-refractivity contribution >= 4 is 39.9 Å². The van der Waals surface area contributed by atoms with Gasteiger partial charge < -0.3 is 4.42 Å². The number of hydrogen-bond donors (Lipinski definition) is 0. The molecule has 0 aliphatic heterocycles. The van der Waals surface area contributed by atoms with Crippen molar-refractivity contribution in [3.8, 4) is 11.5 Å². The molecule has 0 fully saturated rings. The summed E-state index contributed by atoms with van der Waals surface area (Å²) in [5.41, 5.74) is 2.74. The maximum atomic E-state index is 5.64. The maximum absolute atomic E-state index is 5.64. The molecule has 0 spiro atoms. The van der Waals surface area contributed by atoms with E-state index in [9.17, 15) is 0 Å². The second-order valence-electron chi connectivity index (χ2n) is 3.50. The molecule has 2 nitrogen and oxygen atoms in total. The minimum atomic E-state index is -1.92. The van der Waals surface area contributed by atoms with Crippen molar-refractivity contribution in [2.75, 3.05) is 0 Å². The van der Waals surface area contributed by atoms with Gasteiger partial charge in [-0.1, -0.05) is 30.3 Å². The Morgan fingerprint density at radius 1 is 0.842 bits per heavy atom. The summed E-state index contributed by atoms with van der Waals surface area (Å²) in [6.07, 6.45) is 0. The van der Waals surface area contributed by atoms with Crippen molar-refractivity contribution in [3.63, 3.8) is 0 Å². The predicted octanol–water partition coefficient (Wildman–Crippen LogP) is 5.56. The number of para-hydroxylation sites is 2. The standard InChI is InChI=1S/C13H9NO.3ClH.Ir/c1-2-6-10(7-3-1)13-14-11-8-4-5-9-12(11)15-13;;;;/h1-9H;3*1H;/q;;;;+3/p-3. The van der Waals surface area contributed by atoms with E-state index in [0.29, 0.717) is 5.89 Å². The van der Waals surface area contributed by atoms with Crippen molar-refractivity contribution in [1.82, 2.24) is 4.98 Å². The van der Waals surface area contributed by atoms with Crippen LogP contribution in [0.5, 0.6) is 0 Å². The van der Waals surface area contributed by atoms with Gasteiger partial charge in [0.1, 0.15) is 5.52 Å². The van der Waals surface area contributed by atoms with Gasteiger partial charge in [0, 0.05) is 5.56 Å². The summed E-state index contributed by atoms with van der Waals surface area (Å²) in [6.45, 7) is 0. The van der Waals surface area contributed by atoms with Crippen LogP contribution in [0, 0.1) is 0 Å². The molecule has 6 heteroatoms. The summed E-state index contributed by atoms with van der Waals surface area (Å²) in [5, 5.41) is 0. The van der Waals surface area contributed by atoms with E-state index in [2.05, 4.69) is 4.98 Å². The third-order valence-corrected chi connectivity index (χ3v) is 2.31. The van der Waals surface area contributed by atoms with Crippen LogP contribution in [0.2, 0.25) is 0 Å². The molecule has 0 aliphatic carbocycles. The number of nitrogens with zero attached hydrogens (tertiary/aromatic N) is 1. The Bertz CT molecular complexity index is 607. The quantitative estimate of drug-likeness (QED) is 0.443. The Hall–Kier alpha value is -0.571. The third-order valence-electron chi connectivity index (χ3n) is 2.31. The average molecular weight is 494 g/mol. The molecular weight excluding hydrogens is 485 g/mol. The van der Waals surface area contributed by atoms with Crippen LogP contribution < -0.4 is 0 Å². The molecule has 0 amide bonds. The summed E-state index contributed by atoms with van der Waals surface area (Å²) < 4.78 is 5.64. The molecule has 0 saturated heterocycles. The maximum Gasteiger partial charge on any atom is 0.227 e. The molecular formula is C13H9Cl3IrNO.